The fourth-order valence-corrected chi connectivity index (χ4v) is 2.24. The molecule has 23 heavy (non-hydrogen) atoms. The summed E-state index contributed by atoms with van der Waals surface area (Å²) in [6, 6.07) is 15.3. The number of aryl methyl sites for hydroxylation is 1. The molecule has 2 rings (SSSR count). The Morgan fingerprint density at radius 1 is 1.09 bits per heavy atom. The lowest BCUT2D eigenvalue weighted by Gasteiger charge is -2.15. The number of halogens is 2. The summed E-state index contributed by atoms with van der Waals surface area (Å²) in [5.74, 6) is 0. The van der Waals surface area contributed by atoms with Crippen molar-refractivity contribution in [2.45, 2.75) is 32.2 Å². The predicted octanol–water partition coefficient (Wildman–Crippen LogP) is 4.77. The van der Waals surface area contributed by atoms with Crippen LogP contribution < -0.4 is 10.6 Å². The summed E-state index contributed by atoms with van der Waals surface area (Å²) in [6.45, 7) is 1.91. The molecule has 122 valence electrons. The highest BCUT2D eigenvalue weighted by Gasteiger charge is 2.10. The molecule has 3 nitrogen and oxygen atoms in total. The molecule has 2 aromatic carbocycles. The number of anilines is 1. The number of rotatable bonds is 6. The van der Waals surface area contributed by atoms with E-state index in [1.54, 1.807) is 6.07 Å². The first kappa shape index (κ1) is 16.9. The fourth-order valence-electron chi connectivity index (χ4n) is 2.24. The molecule has 0 heterocycles. The highest BCUT2D eigenvalue weighted by atomic mass is 19.3. The van der Waals surface area contributed by atoms with Crippen molar-refractivity contribution in [3.63, 3.8) is 0 Å². The van der Waals surface area contributed by atoms with Gasteiger partial charge in [-0.15, -0.1) is 0 Å². The number of hydrogen-bond donors (Lipinski definition) is 2. The molecule has 1 unspecified atom stereocenters. The van der Waals surface area contributed by atoms with E-state index in [2.05, 4.69) is 10.6 Å². The van der Waals surface area contributed by atoms with Gasteiger partial charge in [-0.25, -0.2) is 13.6 Å². The molecule has 0 aromatic heterocycles. The molecule has 2 aromatic rings. The van der Waals surface area contributed by atoms with Gasteiger partial charge >= 0.3 is 6.03 Å². The van der Waals surface area contributed by atoms with E-state index in [-0.39, 0.29) is 11.6 Å². The van der Waals surface area contributed by atoms with Crippen LogP contribution in [0.1, 0.15) is 30.9 Å². The quantitative estimate of drug-likeness (QED) is 0.791. The van der Waals surface area contributed by atoms with Crippen molar-refractivity contribution in [3.8, 4) is 0 Å². The average Bonchev–Trinajstić information content (AvgIpc) is 2.54. The van der Waals surface area contributed by atoms with Crippen LogP contribution in [0.5, 0.6) is 0 Å². The number of amides is 2. The molecule has 2 amide bonds. The van der Waals surface area contributed by atoms with Crippen LogP contribution in [0.2, 0.25) is 0 Å². The molecule has 1 atom stereocenters. The number of hydrogen-bond acceptors (Lipinski definition) is 1. The zero-order valence-corrected chi connectivity index (χ0v) is 12.9. The van der Waals surface area contributed by atoms with Crippen LogP contribution in [-0.4, -0.2) is 12.1 Å². The molecule has 0 radical (unpaired) electrons. The number of benzene rings is 2. The lowest BCUT2D eigenvalue weighted by molar-refractivity contribution is 0.151. The van der Waals surface area contributed by atoms with E-state index >= 15 is 0 Å². The zero-order valence-electron chi connectivity index (χ0n) is 12.9. The minimum atomic E-state index is -2.55. The topological polar surface area (TPSA) is 41.1 Å². The van der Waals surface area contributed by atoms with Gasteiger partial charge in [0.05, 0.1) is 0 Å². The van der Waals surface area contributed by atoms with Crippen LogP contribution in [0, 0.1) is 0 Å². The van der Waals surface area contributed by atoms with Crippen molar-refractivity contribution in [2.75, 3.05) is 5.32 Å². The summed E-state index contributed by atoms with van der Waals surface area (Å²) in [6.07, 6.45) is -0.887. The van der Waals surface area contributed by atoms with Crippen molar-refractivity contribution in [1.29, 1.82) is 0 Å². The number of carbonyl (C=O) groups is 1. The molecule has 2 N–H and O–H groups in total. The molecule has 0 bridgehead atoms. The van der Waals surface area contributed by atoms with Gasteiger partial charge in [0.25, 0.3) is 6.43 Å². The van der Waals surface area contributed by atoms with Crippen molar-refractivity contribution < 1.29 is 13.6 Å². The standard InChI is InChI=1S/C18H20F2N2O/c1-13(10-11-14-6-3-2-4-7-14)21-18(23)22-16-9-5-8-15(12-16)17(19)20/h2-9,12-13,17H,10-11H2,1H3,(H2,21,22,23). The van der Waals surface area contributed by atoms with Gasteiger partial charge < -0.3 is 10.6 Å². The lowest BCUT2D eigenvalue weighted by Crippen LogP contribution is -2.36. The third kappa shape index (κ3) is 5.70. The highest BCUT2D eigenvalue weighted by Crippen LogP contribution is 2.21. The predicted molar refractivity (Wildman–Crippen MR) is 87.8 cm³/mol. The van der Waals surface area contributed by atoms with E-state index in [4.69, 9.17) is 0 Å². The second-order valence-electron chi connectivity index (χ2n) is 5.45. The molecule has 0 spiro atoms. The summed E-state index contributed by atoms with van der Waals surface area (Å²) >= 11 is 0. The first-order chi connectivity index (χ1) is 11.0. The Bertz CT molecular complexity index is 632. The minimum Gasteiger partial charge on any atom is -0.335 e. The maximum absolute atomic E-state index is 12.6. The smallest absolute Gasteiger partial charge is 0.319 e. The second-order valence-corrected chi connectivity index (χ2v) is 5.45. The first-order valence-corrected chi connectivity index (χ1v) is 7.54. The molecule has 0 saturated heterocycles. The Balaban J connectivity index is 1.81. The Hall–Kier alpha value is -2.43. The second kappa shape index (κ2) is 8.27. The molecular weight excluding hydrogens is 298 g/mol. The van der Waals surface area contributed by atoms with E-state index in [0.717, 1.165) is 12.8 Å². The molecule has 5 heteroatoms. The number of alkyl halides is 2. The summed E-state index contributed by atoms with van der Waals surface area (Å²) in [7, 11) is 0. The van der Waals surface area contributed by atoms with Gasteiger partial charge in [0.2, 0.25) is 0 Å². The molecule has 0 aliphatic carbocycles. The maximum Gasteiger partial charge on any atom is 0.319 e. The minimum absolute atomic E-state index is 0.0199. The maximum atomic E-state index is 12.6. The molecule has 0 aliphatic rings. The van der Waals surface area contributed by atoms with Crippen LogP contribution in [0.4, 0.5) is 19.3 Å². The third-order valence-corrected chi connectivity index (χ3v) is 3.48. The van der Waals surface area contributed by atoms with Gasteiger partial charge in [0.1, 0.15) is 0 Å². The summed E-state index contributed by atoms with van der Waals surface area (Å²) in [5, 5.41) is 5.39. The van der Waals surface area contributed by atoms with Crippen molar-refractivity contribution in [1.82, 2.24) is 5.32 Å². The SMILES string of the molecule is CC(CCc1ccccc1)NC(=O)Nc1cccc(C(F)F)c1. The monoisotopic (exact) mass is 318 g/mol. The van der Waals surface area contributed by atoms with Gasteiger partial charge in [0.15, 0.2) is 0 Å². The summed E-state index contributed by atoms with van der Waals surface area (Å²) in [4.78, 5) is 11.9. The van der Waals surface area contributed by atoms with Crippen LogP contribution >= 0.6 is 0 Å². The normalized spacial score (nSPS) is 12.0. The highest BCUT2D eigenvalue weighted by molar-refractivity contribution is 5.89. The van der Waals surface area contributed by atoms with E-state index in [9.17, 15) is 13.6 Å². The van der Waals surface area contributed by atoms with Gasteiger partial charge in [0, 0.05) is 17.3 Å². The number of nitrogens with one attached hydrogen (secondary N) is 2. The average molecular weight is 318 g/mol. The third-order valence-electron chi connectivity index (χ3n) is 3.48. The van der Waals surface area contributed by atoms with E-state index < -0.39 is 12.5 Å². The Labute approximate surface area is 134 Å². The van der Waals surface area contributed by atoms with Gasteiger partial charge in [-0.2, -0.15) is 0 Å². The first-order valence-electron chi connectivity index (χ1n) is 7.54. The molecule has 0 saturated carbocycles. The zero-order chi connectivity index (χ0) is 16.7. The summed E-state index contributed by atoms with van der Waals surface area (Å²) in [5.41, 5.74) is 1.46. The number of carbonyl (C=O) groups excluding carboxylic acids is 1. The van der Waals surface area contributed by atoms with Crippen molar-refractivity contribution >= 4 is 11.7 Å². The van der Waals surface area contributed by atoms with Gasteiger partial charge in [-0.1, -0.05) is 42.5 Å². The molecule has 0 aliphatic heterocycles. The number of urea groups is 1. The van der Waals surface area contributed by atoms with Crippen LogP contribution in [-0.2, 0) is 6.42 Å². The Morgan fingerprint density at radius 3 is 2.52 bits per heavy atom. The van der Waals surface area contributed by atoms with E-state index in [1.165, 1.54) is 23.8 Å². The molecular formula is C18H20F2N2O. The molecule has 0 fully saturated rings. The van der Waals surface area contributed by atoms with E-state index in [0.29, 0.717) is 5.69 Å². The van der Waals surface area contributed by atoms with Crippen LogP contribution in [0.25, 0.3) is 0 Å². The summed E-state index contributed by atoms with van der Waals surface area (Å²) < 4.78 is 25.3. The van der Waals surface area contributed by atoms with Gasteiger partial charge in [-0.3, -0.25) is 0 Å². The van der Waals surface area contributed by atoms with Crippen LogP contribution in [0.3, 0.4) is 0 Å². The Morgan fingerprint density at radius 2 is 1.83 bits per heavy atom. The van der Waals surface area contributed by atoms with Crippen molar-refractivity contribution in [2.24, 2.45) is 0 Å². The van der Waals surface area contributed by atoms with Crippen molar-refractivity contribution in [3.05, 3.63) is 65.7 Å². The van der Waals surface area contributed by atoms with Crippen LogP contribution in [0.15, 0.2) is 54.6 Å². The largest absolute Gasteiger partial charge is 0.335 e. The van der Waals surface area contributed by atoms with E-state index in [1.807, 2.05) is 37.3 Å². The fraction of sp³-hybridized carbons (Fsp3) is 0.278. The Kier molecular flexibility index (Phi) is 6.09. The van der Waals surface area contributed by atoms with Gasteiger partial charge in [-0.05, 0) is 37.5 Å². The lowest BCUT2D eigenvalue weighted by atomic mass is 10.1.